The molecule has 1 amide bonds. The topological polar surface area (TPSA) is 75.6 Å². The maximum atomic E-state index is 14.6. The Labute approximate surface area is 122 Å². The Morgan fingerprint density at radius 2 is 1.90 bits per heavy atom. The third-order valence-electron chi connectivity index (χ3n) is 3.20. The third-order valence-corrected chi connectivity index (χ3v) is 3.20. The minimum absolute atomic E-state index is 0.0969. The molecule has 1 aromatic carbocycles. The highest BCUT2D eigenvalue weighted by Gasteiger charge is 2.58. The van der Waals surface area contributed by atoms with Gasteiger partial charge in [0.1, 0.15) is 5.60 Å². The molecule has 21 heavy (non-hydrogen) atoms. The number of aromatic carboxylic acids is 1. The summed E-state index contributed by atoms with van der Waals surface area (Å²) in [4.78, 5) is 22.3. The summed E-state index contributed by atoms with van der Waals surface area (Å²) < 4.78 is 19.7. The van der Waals surface area contributed by atoms with E-state index in [1.807, 2.05) is 0 Å². The molecule has 0 bridgehead atoms. The molecule has 6 heteroatoms. The van der Waals surface area contributed by atoms with E-state index in [1.165, 1.54) is 24.3 Å². The molecule has 1 fully saturated rings. The number of ether oxygens (including phenoxy) is 1. The van der Waals surface area contributed by atoms with Gasteiger partial charge in [0.05, 0.1) is 11.6 Å². The highest BCUT2D eigenvalue weighted by molar-refractivity contribution is 5.87. The van der Waals surface area contributed by atoms with Crippen molar-refractivity contribution >= 4 is 12.1 Å². The molecule has 0 saturated heterocycles. The Morgan fingerprint density at radius 3 is 2.38 bits per heavy atom. The third kappa shape index (κ3) is 3.51. The average Bonchev–Trinajstić information content (AvgIpc) is 2.98. The highest BCUT2D eigenvalue weighted by Crippen LogP contribution is 2.49. The lowest BCUT2D eigenvalue weighted by Gasteiger charge is -2.20. The fourth-order valence-corrected chi connectivity index (χ4v) is 2.06. The van der Waals surface area contributed by atoms with Gasteiger partial charge >= 0.3 is 12.1 Å². The first-order valence-electron chi connectivity index (χ1n) is 6.64. The van der Waals surface area contributed by atoms with Crippen molar-refractivity contribution in [2.24, 2.45) is 0 Å². The zero-order chi connectivity index (χ0) is 15.8. The van der Waals surface area contributed by atoms with Crippen molar-refractivity contribution in [3.63, 3.8) is 0 Å². The van der Waals surface area contributed by atoms with E-state index < -0.39 is 29.4 Å². The van der Waals surface area contributed by atoms with Gasteiger partial charge in [0, 0.05) is 6.42 Å². The molecule has 5 nitrogen and oxygen atoms in total. The van der Waals surface area contributed by atoms with Gasteiger partial charge in [-0.1, -0.05) is 12.1 Å². The highest BCUT2D eigenvalue weighted by atomic mass is 19.1. The molecule has 1 aliphatic rings. The molecule has 2 rings (SSSR count). The summed E-state index contributed by atoms with van der Waals surface area (Å²) in [6.45, 7) is 5.19. The Balaban J connectivity index is 1.99. The molecule has 2 N–H and O–H groups in total. The number of hydrogen-bond acceptors (Lipinski definition) is 3. The first kappa shape index (κ1) is 15.3. The van der Waals surface area contributed by atoms with Crippen molar-refractivity contribution in [2.45, 2.75) is 44.5 Å². The summed E-state index contributed by atoms with van der Waals surface area (Å²) in [7, 11) is 0. The maximum absolute atomic E-state index is 14.6. The van der Waals surface area contributed by atoms with Crippen LogP contribution in [0.3, 0.4) is 0 Å². The van der Waals surface area contributed by atoms with E-state index >= 15 is 0 Å². The van der Waals surface area contributed by atoms with Crippen molar-refractivity contribution < 1.29 is 23.8 Å². The fraction of sp³-hybridized carbons (Fsp3) is 0.467. The fourth-order valence-electron chi connectivity index (χ4n) is 2.06. The number of hydrogen-bond donors (Lipinski definition) is 2. The zero-order valence-corrected chi connectivity index (χ0v) is 12.1. The summed E-state index contributed by atoms with van der Waals surface area (Å²) >= 11 is 0. The Bertz CT molecular complexity index is 564. The Hall–Kier alpha value is -2.11. The van der Waals surface area contributed by atoms with E-state index in [0.717, 1.165) is 0 Å². The molecule has 2 atom stereocenters. The van der Waals surface area contributed by atoms with Crippen molar-refractivity contribution in [3.05, 3.63) is 35.4 Å². The lowest BCUT2D eigenvalue weighted by molar-refractivity contribution is 0.0510. The number of carbonyl (C=O) groups excluding carboxylic acids is 1. The Morgan fingerprint density at radius 1 is 1.33 bits per heavy atom. The minimum Gasteiger partial charge on any atom is -0.478 e. The second kappa shape index (κ2) is 5.02. The number of alkyl carbamates (subject to hydrolysis) is 1. The van der Waals surface area contributed by atoms with E-state index in [-0.39, 0.29) is 12.0 Å². The minimum atomic E-state index is -1.66. The van der Waals surface area contributed by atoms with Crippen LogP contribution < -0.4 is 5.32 Å². The number of alkyl halides is 1. The number of amides is 1. The SMILES string of the molecule is CC(C)(C)OC(=O)NC1CC1(F)c1ccc(C(=O)O)cc1. The lowest BCUT2D eigenvalue weighted by atomic mass is 10.1. The van der Waals surface area contributed by atoms with Crippen molar-refractivity contribution in [1.82, 2.24) is 5.32 Å². The first-order chi connectivity index (χ1) is 9.62. The van der Waals surface area contributed by atoms with Gasteiger partial charge in [0.25, 0.3) is 0 Å². The number of benzene rings is 1. The van der Waals surface area contributed by atoms with E-state index in [0.29, 0.717) is 5.56 Å². The predicted molar refractivity (Wildman–Crippen MR) is 74.0 cm³/mol. The summed E-state index contributed by atoms with van der Waals surface area (Å²) in [5.41, 5.74) is -1.84. The van der Waals surface area contributed by atoms with Gasteiger partial charge in [0.15, 0.2) is 5.67 Å². The Kier molecular flexibility index (Phi) is 3.65. The van der Waals surface area contributed by atoms with Gasteiger partial charge in [-0.3, -0.25) is 0 Å². The summed E-state index contributed by atoms with van der Waals surface area (Å²) in [5.74, 6) is -1.06. The molecule has 114 valence electrons. The average molecular weight is 295 g/mol. The number of carbonyl (C=O) groups is 2. The van der Waals surface area contributed by atoms with Gasteiger partial charge in [-0.2, -0.15) is 0 Å². The van der Waals surface area contributed by atoms with Crippen LogP contribution in [-0.4, -0.2) is 28.8 Å². The summed E-state index contributed by atoms with van der Waals surface area (Å²) in [6.07, 6.45) is -0.507. The molecule has 0 aliphatic heterocycles. The molecule has 1 aromatic rings. The molecule has 0 aromatic heterocycles. The van der Waals surface area contributed by atoms with Crippen molar-refractivity contribution in [1.29, 1.82) is 0 Å². The molecule has 1 saturated carbocycles. The standard InChI is InChI=1S/C15H18FNO4/c1-14(2,3)21-13(20)17-11-8-15(11,16)10-6-4-9(5-7-10)12(18)19/h4-7,11H,8H2,1-3H3,(H,17,20)(H,18,19). The molecule has 1 aliphatic carbocycles. The predicted octanol–water partition coefficient (Wildman–Crippen LogP) is 2.85. The smallest absolute Gasteiger partial charge is 0.407 e. The number of nitrogens with one attached hydrogen (secondary N) is 1. The van der Waals surface area contributed by atoms with Gasteiger partial charge in [0.2, 0.25) is 0 Å². The molecule has 0 heterocycles. The zero-order valence-electron chi connectivity index (χ0n) is 12.1. The van der Waals surface area contributed by atoms with Gasteiger partial charge in [-0.15, -0.1) is 0 Å². The van der Waals surface area contributed by atoms with Gasteiger partial charge in [-0.25, -0.2) is 14.0 Å². The van der Waals surface area contributed by atoms with Gasteiger partial charge < -0.3 is 15.2 Å². The quantitative estimate of drug-likeness (QED) is 0.899. The van der Waals surface area contributed by atoms with E-state index in [9.17, 15) is 14.0 Å². The van der Waals surface area contributed by atoms with Crippen molar-refractivity contribution in [2.75, 3.05) is 0 Å². The number of carboxylic acid groups (broad SMARTS) is 1. The van der Waals surface area contributed by atoms with Crippen LogP contribution in [0.1, 0.15) is 43.1 Å². The molecular weight excluding hydrogens is 277 g/mol. The largest absolute Gasteiger partial charge is 0.478 e. The maximum Gasteiger partial charge on any atom is 0.407 e. The van der Waals surface area contributed by atoms with E-state index in [1.54, 1.807) is 20.8 Å². The van der Waals surface area contributed by atoms with E-state index in [4.69, 9.17) is 9.84 Å². The van der Waals surface area contributed by atoms with Crippen LogP contribution in [0.25, 0.3) is 0 Å². The molecule has 2 unspecified atom stereocenters. The number of rotatable bonds is 3. The van der Waals surface area contributed by atoms with Crippen LogP contribution in [-0.2, 0) is 10.4 Å². The summed E-state index contributed by atoms with van der Waals surface area (Å²) in [5, 5.41) is 11.3. The molecular formula is C15H18FNO4. The lowest BCUT2D eigenvalue weighted by Crippen LogP contribution is -2.35. The molecule has 0 radical (unpaired) electrons. The normalized spacial score (nSPS) is 24.3. The van der Waals surface area contributed by atoms with Crippen LogP contribution in [0.5, 0.6) is 0 Å². The van der Waals surface area contributed by atoms with Gasteiger partial charge in [-0.05, 0) is 38.5 Å². The number of halogens is 1. The molecule has 0 spiro atoms. The van der Waals surface area contributed by atoms with Crippen LogP contribution in [0.2, 0.25) is 0 Å². The summed E-state index contributed by atoms with van der Waals surface area (Å²) in [6, 6.07) is 4.91. The van der Waals surface area contributed by atoms with Crippen LogP contribution in [0.4, 0.5) is 9.18 Å². The van der Waals surface area contributed by atoms with Crippen molar-refractivity contribution in [3.8, 4) is 0 Å². The van der Waals surface area contributed by atoms with E-state index in [2.05, 4.69) is 5.32 Å². The second-order valence-corrected chi connectivity index (χ2v) is 6.15. The first-order valence-corrected chi connectivity index (χ1v) is 6.64. The second-order valence-electron chi connectivity index (χ2n) is 6.15. The number of carboxylic acids is 1. The van der Waals surface area contributed by atoms with Crippen LogP contribution in [0.15, 0.2) is 24.3 Å². The monoisotopic (exact) mass is 295 g/mol. The van der Waals surface area contributed by atoms with Crippen LogP contribution in [0, 0.1) is 0 Å². The van der Waals surface area contributed by atoms with Crippen LogP contribution >= 0.6 is 0 Å².